The monoisotopic (exact) mass is 271 g/mol. The maximum atomic E-state index is 11.6. The van der Waals surface area contributed by atoms with Crippen molar-refractivity contribution >= 4 is 22.7 Å². The second-order valence-corrected chi connectivity index (χ2v) is 4.68. The number of carboxylic acid groups (broad SMARTS) is 1. The van der Waals surface area contributed by atoms with Gasteiger partial charge in [-0.25, -0.2) is 0 Å². The van der Waals surface area contributed by atoms with E-state index in [0.29, 0.717) is 6.42 Å². The minimum Gasteiger partial charge on any atom is -0.550 e. The number of carboxylic acids is 1. The summed E-state index contributed by atoms with van der Waals surface area (Å²) in [6.45, 7) is 0. The van der Waals surface area contributed by atoms with E-state index in [2.05, 4.69) is 4.74 Å². The van der Waals surface area contributed by atoms with Gasteiger partial charge in [0.05, 0.1) is 13.0 Å². The quantitative estimate of drug-likeness (QED) is 0.769. The number of aliphatic carboxylic acids is 1. The molecule has 104 valence electrons. The van der Waals surface area contributed by atoms with Crippen molar-refractivity contribution in [1.82, 2.24) is 0 Å². The van der Waals surface area contributed by atoms with E-state index in [1.165, 1.54) is 7.11 Å². The lowest BCUT2D eigenvalue weighted by atomic mass is 9.95. The molecule has 20 heavy (non-hydrogen) atoms. The number of hydrogen-bond acceptors (Lipinski definition) is 4. The lowest BCUT2D eigenvalue weighted by molar-refractivity contribution is -0.306. The van der Waals surface area contributed by atoms with Crippen LogP contribution in [0.15, 0.2) is 42.5 Å². The van der Waals surface area contributed by atoms with Gasteiger partial charge < -0.3 is 14.6 Å². The molecular formula is C16H15O4-. The maximum absolute atomic E-state index is 11.6. The van der Waals surface area contributed by atoms with Gasteiger partial charge in [0.15, 0.2) is 0 Å². The first-order valence-corrected chi connectivity index (χ1v) is 6.35. The molecule has 0 heterocycles. The van der Waals surface area contributed by atoms with Gasteiger partial charge in [0.2, 0.25) is 0 Å². The van der Waals surface area contributed by atoms with Crippen LogP contribution in [0.5, 0.6) is 0 Å². The summed E-state index contributed by atoms with van der Waals surface area (Å²) in [5.74, 6) is -2.49. The SMILES string of the molecule is COC(=O)[C@H](CC(=O)[O-])Cc1ccc2ccccc2c1. The average molecular weight is 271 g/mol. The molecule has 0 aliphatic heterocycles. The van der Waals surface area contributed by atoms with Gasteiger partial charge in [0.25, 0.3) is 0 Å². The first-order chi connectivity index (χ1) is 9.60. The third-order valence-electron chi connectivity index (χ3n) is 3.24. The topological polar surface area (TPSA) is 66.4 Å². The standard InChI is InChI=1S/C16H16O4/c1-20-16(19)14(10-15(17)18)9-11-6-7-12-4-2-3-5-13(12)8-11/h2-8,14H,9-10H2,1H3,(H,17,18)/p-1/t14-/m0/s1. The molecule has 2 aromatic carbocycles. The molecule has 0 unspecified atom stereocenters. The molecule has 1 atom stereocenters. The summed E-state index contributed by atoms with van der Waals surface area (Å²) in [4.78, 5) is 22.3. The van der Waals surface area contributed by atoms with Crippen LogP contribution in [0.25, 0.3) is 10.8 Å². The van der Waals surface area contributed by atoms with Crippen LogP contribution in [0, 0.1) is 5.92 Å². The molecule has 0 N–H and O–H groups in total. The van der Waals surface area contributed by atoms with Crippen LogP contribution in [0.2, 0.25) is 0 Å². The summed E-state index contributed by atoms with van der Waals surface area (Å²) in [5.41, 5.74) is 0.903. The molecule has 0 saturated carbocycles. The van der Waals surface area contributed by atoms with Crippen LogP contribution >= 0.6 is 0 Å². The first-order valence-electron chi connectivity index (χ1n) is 6.35. The number of methoxy groups -OCH3 is 1. The van der Waals surface area contributed by atoms with Crippen molar-refractivity contribution in [3.05, 3.63) is 48.0 Å². The molecule has 0 amide bonds. The third kappa shape index (κ3) is 3.35. The predicted molar refractivity (Wildman–Crippen MR) is 72.8 cm³/mol. The van der Waals surface area contributed by atoms with E-state index in [1.54, 1.807) is 0 Å². The fourth-order valence-electron chi connectivity index (χ4n) is 2.26. The zero-order valence-electron chi connectivity index (χ0n) is 11.2. The van der Waals surface area contributed by atoms with E-state index in [0.717, 1.165) is 16.3 Å². The van der Waals surface area contributed by atoms with Crippen LogP contribution < -0.4 is 5.11 Å². The lowest BCUT2D eigenvalue weighted by Gasteiger charge is -2.15. The molecule has 4 nitrogen and oxygen atoms in total. The molecule has 0 aliphatic carbocycles. The van der Waals surface area contributed by atoms with Gasteiger partial charge in [0, 0.05) is 12.4 Å². The highest BCUT2D eigenvalue weighted by Gasteiger charge is 2.20. The fourth-order valence-corrected chi connectivity index (χ4v) is 2.26. The van der Waals surface area contributed by atoms with E-state index >= 15 is 0 Å². The van der Waals surface area contributed by atoms with Gasteiger partial charge in [-0.05, 0) is 22.8 Å². The molecule has 0 bridgehead atoms. The number of hydrogen-bond donors (Lipinski definition) is 0. The maximum Gasteiger partial charge on any atom is 0.309 e. The number of fused-ring (bicyclic) bond motifs is 1. The van der Waals surface area contributed by atoms with E-state index in [9.17, 15) is 14.7 Å². The molecule has 0 aliphatic rings. The zero-order chi connectivity index (χ0) is 14.5. The largest absolute Gasteiger partial charge is 0.550 e. The lowest BCUT2D eigenvalue weighted by Crippen LogP contribution is -2.30. The fraction of sp³-hybridized carbons (Fsp3) is 0.250. The highest BCUT2D eigenvalue weighted by Crippen LogP contribution is 2.19. The van der Waals surface area contributed by atoms with Gasteiger partial charge in [0.1, 0.15) is 0 Å². The van der Waals surface area contributed by atoms with Crippen molar-refractivity contribution in [2.75, 3.05) is 7.11 Å². The average Bonchev–Trinajstić information content (AvgIpc) is 2.45. The van der Waals surface area contributed by atoms with Gasteiger partial charge in [-0.15, -0.1) is 0 Å². The van der Waals surface area contributed by atoms with Crippen molar-refractivity contribution in [2.45, 2.75) is 12.8 Å². The normalized spacial score (nSPS) is 12.1. The van der Waals surface area contributed by atoms with Gasteiger partial charge in [-0.3, -0.25) is 4.79 Å². The minimum absolute atomic E-state index is 0.325. The Balaban J connectivity index is 2.23. The molecule has 0 spiro atoms. The molecule has 4 heteroatoms. The van der Waals surface area contributed by atoms with Gasteiger partial charge in [-0.2, -0.15) is 0 Å². The molecule has 2 rings (SSSR count). The number of rotatable bonds is 5. The Morgan fingerprint density at radius 2 is 1.85 bits per heavy atom. The van der Waals surface area contributed by atoms with Crippen LogP contribution in [-0.2, 0) is 20.7 Å². The van der Waals surface area contributed by atoms with Crippen molar-refractivity contribution in [3.8, 4) is 0 Å². The Labute approximate surface area is 117 Å². The summed E-state index contributed by atoms with van der Waals surface area (Å²) >= 11 is 0. The number of esters is 1. The Morgan fingerprint density at radius 3 is 2.50 bits per heavy atom. The zero-order valence-corrected chi connectivity index (χ0v) is 11.2. The van der Waals surface area contributed by atoms with Crippen molar-refractivity contribution in [1.29, 1.82) is 0 Å². The van der Waals surface area contributed by atoms with E-state index < -0.39 is 17.9 Å². The first kappa shape index (κ1) is 14.1. The number of benzene rings is 2. The van der Waals surface area contributed by atoms with Crippen LogP contribution in [0.1, 0.15) is 12.0 Å². The summed E-state index contributed by atoms with van der Waals surface area (Å²) in [6.07, 6.45) is -0.00894. The number of carbonyl (C=O) groups excluding carboxylic acids is 2. The Kier molecular flexibility index (Phi) is 4.35. The molecule has 2 aromatic rings. The van der Waals surface area contributed by atoms with E-state index in [-0.39, 0.29) is 6.42 Å². The second-order valence-electron chi connectivity index (χ2n) is 4.68. The van der Waals surface area contributed by atoms with Crippen LogP contribution in [0.3, 0.4) is 0 Å². The van der Waals surface area contributed by atoms with Crippen LogP contribution in [0.4, 0.5) is 0 Å². The Bertz CT molecular complexity index is 633. The number of carbonyl (C=O) groups is 2. The molecule has 0 saturated heterocycles. The Hall–Kier alpha value is -2.36. The molecule has 0 aromatic heterocycles. The molecule has 0 radical (unpaired) electrons. The summed E-state index contributed by atoms with van der Waals surface area (Å²) in [7, 11) is 1.25. The highest BCUT2D eigenvalue weighted by molar-refractivity contribution is 5.83. The third-order valence-corrected chi connectivity index (χ3v) is 3.24. The number of ether oxygens (including phenoxy) is 1. The molecule has 0 fully saturated rings. The minimum atomic E-state index is -1.25. The Morgan fingerprint density at radius 1 is 1.15 bits per heavy atom. The summed E-state index contributed by atoms with van der Waals surface area (Å²) in [6, 6.07) is 13.7. The molecular weight excluding hydrogens is 256 g/mol. The summed E-state index contributed by atoms with van der Waals surface area (Å²) in [5, 5.41) is 12.9. The smallest absolute Gasteiger partial charge is 0.309 e. The second kappa shape index (κ2) is 6.19. The van der Waals surface area contributed by atoms with Gasteiger partial charge in [-0.1, -0.05) is 42.5 Å². The van der Waals surface area contributed by atoms with Crippen molar-refractivity contribution in [3.63, 3.8) is 0 Å². The highest BCUT2D eigenvalue weighted by atomic mass is 16.5. The van der Waals surface area contributed by atoms with E-state index in [4.69, 9.17) is 0 Å². The van der Waals surface area contributed by atoms with Crippen molar-refractivity contribution in [2.24, 2.45) is 5.92 Å². The predicted octanol–water partition coefficient (Wildman–Crippen LogP) is 1.31. The van der Waals surface area contributed by atoms with Gasteiger partial charge >= 0.3 is 5.97 Å². The van der Waals surface area contributed by atoms with Crippen LogP contribution in [-0.4, -0.2) is 19.0 Å². The van der Waals surface area contributed by atoms with E-state index in [1.807, 2.05) is 42.5 Å². The van der Waals surface area contributed by atoms with Crippen molar-refractivity contribution < 1.29 is 19.4 Å². The summed E-state index contributed by atoms with van der Waals surface area (Å²) < 4.78 is 4.64.